The molecule has 2 aliphatic rings. The smallest absolute Gasteiger partial charge is 0.326 e. The third kappa shape index (κ3) is 3.87. The summed E-state index contributed by atoms with van der Waals surface area (Å²) in [7, 11) is 0. The molecule has 0 saturated carbocycles. The van der Waals surface area contributed by atoms with Gasteiger partial charge in [-0.1, -0.05) is 27.2 Å². The molecule has 6 nitrogen and oxygen atoms in total. The highest BCUT2D eigenvalue weighted by atomic mass is 16.4. The highest BCUT2D eigenvalue weighted by molar-refractivity contribution is 5.83. The van der Waals surface area contributed by atoms with Gasteiger partial charge in [0.25, 0.3) is 0 Å². The van der Waals surface area contributed by atoms with Crippen LogP contribution in [0, 0.1) is 5.41 Å². The summed E-state index contributed by atoms with van der Waals surface area (Å²) in [5.41, 5.74) is -0.518. The predicted octanol–water partition coefficient (Wildman–Crippen LogP) is 1.41. The van der Waals surface area contributed by atoms with Gasteiger partial charge in [0.1, 0.15) is 6.04 Å². The van der Waals surface area contributed by atoms with Crippen LogP contribution in [-0.2, 0) is 4.79 Å². The number of carboxylic acids is 1. The number of nitrogens with one attached hydrogen (secondary N) is 2. The lowest BCUT2D eigenvalue weighted by Crippen LogP contribution is -2.56. The normalized spacial score (nSPS) is 27.8. The van der Waals surface area contributed by atoms with Crippen molar-refractivity contribution in [1.82, 2.24) is 15.5 Å². The Morgan fingerprint density at radius 3 is 2.52 bits per heavy atom. The molecule has 2 unspecified atom stereocenters. The van der Waals surface area contributed by atoms with Gasteiger partial charge in [0.15, 0.2) is 0 Å². The van der Waals surface area contributed by atoms with Crippen LogP contribution in [0.2, 0.25) is 0 Å². The summed E-state index contributed by atoms with van der Waals surface area (Å²) in [6.07, 6.45) is 4.51. The van der Waals surface area contributed by atoms with Crippen LogP contribution in [0.5, 0.6) is 0 Å². The van der Waals surface area contributed by atoms with Crippen LogP contribution in [0.15, 0.2) is 0 Å². The first-order valence-electron chi connectivity index (χ1n) is 7.83. The first kappa shape index (κ1) is 16.1. The molecule has 0 aromatic heterocycles. The number of hydrogen-bond acceptors (Lipinski definition) is 3. The Morgan fingerprint density at radius 2 is 1.90 bits per heavy atom. The molecule has 2 amide bonds. The minimum atomic E-state index is -0.997. The maximum atomic E-state index is 12.1. The van der Waals surface area contributed by atoms with Crippen LogP contribution >= 0.6 is 0 Å². The summed E-state index contributed by atoms with van der Waals surface area (Å²) in [6, 6.07) is -0.696. The summed E-state index contributed by atoms with van der Waals surface area (Å²) in [5, 5.41) is 14.8. The number of amides is 2. The van der Waals surface area contributed by atoms with Crippen molar-refractivity contribution in [2.75, 3.05) is 13.1 Å². The molecule has 2 saturated heterocycles. The molecular weight excluding hydrogens is 270 g/mol. The Kier molecular flexibility index (Phi) is 4.76. The number of carbonyl (C=O) groups excluding carboxylic acids is 1. The van der Waals surface area contributed by atoms with Gasteiger partial charge < -0.3 is 15.7 Å². The van der Waals surface area contributed by atoms with Crippen LogP contribution in [0.25, 0.3) is 0 Å². The number of nitrogens with zero attached hydrogens (tertiary/aromatic N) is 1. The highest BCUT2D eigenvalue weighted by Gasteiger charge is 2.38. The van der Waals surface area contributed by atoms with E-state index in [1.807, 2.05) is 20.8 Å². The van der Waals surface area contributed by atoms with E-state index in [2.05, 4.69) is 15.5 Å². The van der Waals surface area contributed by atoms with Gasteiger partial charge in [0, 0.05) is 18.6 Å². The van der Waals surface area contributed by atoms with E-state index in [0.717, 1.165) is 25.9 Å². The topological polar surface area (TPSA) is 81.7 Å². The van der Waals surface area contributed by atoms with Gasteiger partial charge in [0.2, 0.25) is 0 Å². The third-order valence-electron chi connectivity index (χ3n) is 4.56. The number of urea groups is 1. The van der Waals surface area contributed by atoms with E-state index in [-0.39, 0.29) is 12.1 Å². The molecule has 0 bridgehead atoms. The lowest BCUT2D eigenvalue weighted by atomic mass is 9.87. The highest BCUT2D eigenvalue weighted by Crippen LogP contribution is 2.27. The van der Waals surface area contributed by atoms with Crippen LogP contribution in [0.4, 0.5) is 4.79 Å². The maximum Gasteiger partial charge on any atom is 0.326 e. The van der Waals surface area contributed by atoms with Gasteiger partial charge in [-0.2, -0.15) is 0 Å². The van der Waals surface area contributed by atoms with E-state index in [1.165, 1.54) is 12.8 Å². The molecule has 2 aliphatic heterocycles. The van der Waals surface area contributed by atoms with Crippen molar-refractivity contribution in [2.45, 2.75) is 64.6 Å². The number of rotatable bonds is 3. The zero-order valence-electron chi connectivity index (χ0n) is 13.2. The van der Waals surface area contributed by atoms with Gasteiger partial charge in [-0.25, -0.2) is 9.59 Å². The first-order valence-corrected chi connectivity index (χ1v) is 7.83. The molecule has 3 atom stereocenters. The second kappa shape index (κ2) is 6.22. The zero-order chi connectivity index (χ0) is 15.6. The standard InChI is InChI=1S/C15H27N3O3/c1-15(2,3)12(13(19)20)17-14(21)16-10-7-9-18-8-5-4-6-11(10)18/h10-12H,4-9H2,1-3H3,(H,19,20)(H2,16,17,21)/t10?,11?,12-/m1/s1. The quantitative estimate of drug-likeness (QED) is 0.735. The van der Waals surface area contributed by atoms with Crippen molar-refractivity contribution >= 4 is 12.0 Å². The second-order valence-corrected chi connectivity index (χ2v) is 7.25. The lowest BCUT2D eigenvalue weighted by molar-refractivity contribution is -0.141. The van der Waals surface area contributed by atoms with Gasteiger partial charge in [-0.3, -0.25) is 4.90 Å². The molecular formula is C15H27N3O3. The summed E-state index contributed by atoms with van der Waals surface area (Å²) in [4.78, 5) is 25.9. The molecule has 120 valence electrons. The number of carboxylic acid groups (broad SMARTS) is 1. The minimum absolute atomic E-state index is 0.139. The Labute approximate surface area is 126 Å². The van der Waals surface area contributed by atoms with Gasteiger partial charge >= 0.3 is 12.0 Å². The Morgan fingerprint density at radius 1 is 1.19 bits per heavy atom. The molecule has 6 heteroatoms. The van der Waals surface area contributed by atoms with Crippen molar-refractivity contribution in [3.8, 4) is 0 Å². The second-order valence-electron chi connectivity index (χ2n) is 7.25. The summed E-state index contributed by atoms with van der Waals surface area (Å²) in [6.45, 7) is 7.57. The zero-order valence-corrected chi connectivity index (χ0v) is 13.2. The average molecular weight is 297 g/mol. The number of carbonyl (C=O) groups is 2. The monoisotopic (exact) mass is 297 g/mol. The molecule has 0 aliphatic carbocycles. The molecule has 2 fully saturated rings. The molecule has 2 rings (SSSR count). The van der Waals surface area contributed by atoms with E-state index in [1.54, 1.807) is 0 Å². The number of aliphatic carboxylic acids is 1. The molecule has 0 radical (unpaired) electrons. The van der Waals surface area contributed by atoms with Crippen molar-refractivity contribution in [1.29, 1.82) is 0 Å². The maximum absolute atomic E-state index is 12.1. The molecule has 0 aromatic carbocycles. The van der Waals surface area contributed by atoms with Crippen LogP contribution in [0.1, 0.15) is 46.5 Å². The van der Waals surface area contributed by atoms with Crippen LogP contribution in [-0.4, -0.2) is 53.2 Å². The van der Waals surface area contributed by atoms with E-state index < -0.39 is 17.4 Å². The summed E-state index contributed by atoms with van der Waals surface area (Å²) >= 11 is 0. The van der Waals surface area contributed by atoms with Crippen molar-refractivity contribution in [3.05, 3.63) is 0 Å². The Balaban J connectivity index is 1.91. The first-order chi connectivity index (χ1) is 9.79. The third-order valence-corrected chi connectivity index (χ3v) is 4.56. The van der Waals surface area contributed by atoms with E-state index >= 15 is 0 Å². The SMILES string of the molecule is CC(C)(C)[C@H](NC(=O)NC1CCN2CCCCC12)C(=O)O. The molecule has 21 heavy (non-hydrogen) atoms. The molecule has 0 spiro atoms. The van der Waals surface area contributed by atoms with Gasteiger partial charge in [-0.15, -0.1) is 0 Å². The average Bonchev–Trinajstić information content (AvgIpc) is 2.78. The van der Waals surface area contributed by atoms with Crippen LogP contribution < -0.4 is 10.6 Å². The van der Waals surface area contributed by atoms with E-state index in [4.69, 9.17) is 0 Å². The van der Waals surface area contributed by atoms with Crippen molar-refractivity contribution in [3.63, 3.8) is 0 Å². The van der Waals surface area contributed by atoms with Crippen molar-refractivity contribution in [2.24, 2.45) is 5.41 Å². The summed E-state index contributed by atoms with van der Waals surface area (Å²) in [5.74, 6) is -0.997. The molecule has 2 heterocycles. The fourth-order valence-corrected chi connectivity index (χ4v) is 3.41. The lowest BCUT2D eigenvalue weighted by Gasteiger charge is -2.33. The van der Waals surface area contributed by atoms with Crippen LogP contribution in [0.3, 0.4) is 0 Å². The number of fused-ring (bicyclic) bond motifs is 1. The van der Waals surface area contributed by atoms with E-state index in [0.29, 0.717) is 6.04 Å². The number of piperidine rings is 1. The number of hydrogen-bond donors (Lipinski definition) is 3. The fraction of sp³-hybridized carbons (Fsp3) is 0.867. The Hall–Kier alpha value is -1.30. The predicted molar refractivity (Wildman–Crippen MR) is 80.2 cm³/mol. The molecule has 3 N–H and O–H groups in total. The fourth-order valence-electron chi connectivity index (χ4n) is 3.41. The van der Waals surface area contributed by atoms with Gasteiger partial charge in [-0.05, 0) is 31.2 Å². The molecule has 0 aromatic rings. The van der Waals surface area contributed by atoms with E-state index in [9.17, 15) is 14.7 Å². The summed E-state index contributed by atoms with van der Waals surface area (Å²) < 4.78 is 0. The van der Waals surface area contributed by atoms with Crippen molar-refractivity contribution < 1.29 is 14.7 Å². The largest absolute Gasteiger partial charge is 0.480 e. The minimum Gasteiger partial charge on any atom is -0.480 e. The Bertz CT molecular complexity index is 405. The van der Waals surface area contributed by atoms with Gasteiger partial charge in [0.05, 0.1) is 0 Å².